The van der Waals surface area contributed by atoms with Crippen molar-refractivity contribution >= 4 is 70.3 Å². The molecule has 2 heterocycles. The molecule has 0 saturated carbocycles. The topological polar surface area (TPSA) is 8.17 Å². The summed E-state index contributed by atoms with van der Waals surface area (Å²) in [4.78, 5) is 2.55. The van der Waals surface area contributed by atoms with Crippen molar-refractivity contribution in [2.45, 2.75) is 5.41 Å². The van der Waals surface area contributed by atoms with Crippen LogP contribution in [0.2, 0.25) is 0 Å². The van der Waals surface area contributed by atoms with Crippen molar-refractivity contribution in [2.75, 3.05) is 4.90 Å². The van der Waals surface area contributed by atoms with E-state index in [1.165, 1.54) is 109 Å². The molecule has 2 aliphatic rings. The van der Waals surface area contributed by atoms with Gasteiger partial charge in [0.15, 0.2) is 0 Å². The van der Waals surface area contributed by atoms with Gasteiger partial charge in [0.25, 0.3) is 0 Å². The van der Waals surface area contributed by atoms with Crippen LogP contribution in [0.4, 0.5) is 11.4 Å². The number of rotatable bonds is 8. The second kappa shape index (κ2) is 15.9. The summed E-state index contributed by atoms with van der Waals surface area (Å²) in [6, 6.07) is 87.6. The van der Waals surface area contributed by atoms with Crippen molar-refractivity contribution in [3.05, 3.63) is 289 Å². The first-order valence-electron chi connectivity index (χ1n) is 24.0. The van der Waals surface area contributed by atoms with Crippen LogP contribution in [0.5, 0.6) is 0 Å². The van der Waals surface area contributed by atoms with Crippen molar-refractivity contribution < 1.29 is 0 Å². The molecule has 0 unspecified atom stereocenters. The zero-order valence-electron chi connectivity index (χ0n) is 38.3. The van der Waals surface area contributed by atoms with E-state index in [-0.39, 0.29) is 0 Å². The minimum atomic E-state index is -0.626. The Morgan fingerprint density at radius 1 is 0.429 bits per heavy atom. The van der Waals surface area contributed by atoms with E-state index in [1.807, 2.05) is 17.4 Å². The molecule has 12 aromatic rings. The first-order valence-corrected chi connectivity index (χ1v) is 24.9. The Kier molecular flexibility index (Phi) is 9.17. The maximum absolute atomic E-state index is 4.17. The van der Waals surface area contributed by atoms with Gasteiger partial charge in [-0.3, -0.25) is 0 Å². The summed E-state index contributed by atoms with van der Waals surface area (Å²) in [6.45, 7) is 4.17. The molecule has 10 aromatic carbocycles. The normalized spacial score (nSPS) is 13.5. The Hall–Kier alpha value is -8.76. The highest BCUT2D eigenvalue weighted by atomic mass is 32.1. The van der Waals surface area contributed by atoms with E-state index >= 15 is 0 Å². The van der Waals surface area contributed by atoms with Gasteiger partial charge < -0.3 is 9.47 Å². The monoisotopic (exact) mass is 908 g/mol. The Bertz CT molecular complexity index is 4080. The lowest BCUT2D eigenvalue weighted by atomic mass is 9.71. The van der Waals surface area contributed by atoms with Crippen LogP contribution in [0.3, 0.4) is 0 Å². The molecule has 0 aliphatic heterocycles. The van der Waals surface area contributed by atoms with Crippen LogP contribution in [0.1, 0.15) is 22.3 Å². The minimum absolute atomic E-state index is 0.626. The Balaban J connectivity index is 0.994. The van der Waals surface area contributed by atoms with Gasteiger partial charge in [-0.1, -0.05) is 201 Å². The van der Waals surface area contributed by atoms with Crippen LogP contribution in [-0.4, -0.2) is 4.57 Å². The molecule has 3 heteroatoms. The van der Waals surface area contributed by atoms with E-state index in [0.29, 0.717) is 0 Å². The summed E-state index contributed by atoms with van der Waals surface area (Å²) in [5.74, 6) is 0. The highest BCUT2D eigenvalue weighted by Gasteiger charge is 2.54. The van der Waals surface area contributed by atoms with Crippen LogP contribution < -0.4 is 4.90 Å². The van der Waals surface area contributed by atoms with E-state index in [9.17, 15) is 0 Å². The summed E-state index contributed by atoms with van der Waals surface area (Å²) in [7, 11) is 0. The summed E-state index contributed by atoms with van der Waals surface area (Å²) < 4.78 is 5.02. The van der Waals surface area contributed by atoms with Crippen molar-refractivity contribution in [3.63, 3.8) is 0 Å². The van der Waals surface area contributed by atoms with E-state index < -0.39 is 5.41 Å². The molecular formula is C67H44N2S. The van der Waals surface area contributed by atoms with Crippen molar-refractivity contribution in [1.29, 1.82) is 0 Å². The molecule has 0 amide bonds. The van der Waals surface area contributed by atoms with Crippen LogP contribution in [0.25, 0.3) is 86.6 Å². The first kappa shape index (κ1) is 40.3. The second-order valence-electron chi connectivity index (χ2n) is 18.4. The number of hydrogen-bond donors (Lipinski definition) is 0. The SMILES string of the molecule is C=C/C=C\C1=C(N(c2ccc(-c3ccc4c(c3)sc3ccccc34)cc2)c2ccc(-c3cccc4c3c3ccccc3n4-c3ccccc3)cc2)C2(c3ccccc31)c1ccccc1-c1ccccc12. The number of nitrogens with zero attached hydrogens (tertiary/aromatic N) is 2. The van der Waals surface area contributed by atoms with E-state index in [2.05, 4.69) is 265 Å². The minimum Gasteiger partial charge on any atom is -0.312 e. The number of aromatic nitrogens is 1. The highest BCUT2D eigenvalue weighted by Crippen LogP contribution is 2.64. The van der Waals surface area contributed by atoms with Gasteiger partial charge in [-0.05, 0) is 116 Å². The van der Waals surface area contributed by atoms with Gasteiger partial charge in [0.2, 0.25) is 0 Å². The van der Waals surface area contributed by atoms with E-state index in [4.69, 9.17) is 0 Å². The average molecular weight is 909 g/mol. The summed E-state index contributed by atoms with van der Waals surface area (Å²) >= 11 is 1.86. The first-order chi connectivity index (χ1) is 34.7. The lowest BCUT2D eigenvalue weighted by molar-refractivity contribution is 0.745. The third-order valence-electron chi connectivity index (χ3n) is 14.8. The van der Waals surface area contributed by atoms with Crippen LogP contribution >= 0.6 is 11.3 Å². The highest BCUT2D eigenvalue weighted by molar-refractivity contribution is 7.25. The van der Waals surface area contributed by atoms with Crippen LogP contribution in [0, 0.1) is 0 Å². The lowest BCUT2D eigenvalue weighted by Crippen LogP contribution is -2.35. The fourth-order valence-corrected chi connectivity index (χ4v) is 13.1. The third-order valence-corrected chi connectivity index (χ3v) is 15.9. The van der Waals surface area contributed by atoms with Gasteiger partial charge in [-0.15, -0.1) is 11.3 Å². The number of para-hydroxylation sites is 2. The molecule has 0 atom stereocenters. The Morgan fingerprint density at radius 2 is 0.971 bits per heavy atom. The van der Waals surface area contributed by atoms with Gasteiger partial charge in [-0.25, -0.2) is 0 Å². The number of benzene rings is 10. The molecule has 0 radical (unpaired) electrons. The Labute approximate surface area is 411 Å². The molecule has 0 bridgehead atoms. The van der Waals surface area contributed by atoms with Crippen LogP contribution in [0.15, 0.2) is 267 Å². The van der Waals surface area contributed by atoms with Gasteiger partial charge in [0, 0.05) is 53.6 Å². The van der Waals surface area contributed by atoms with Gasteiger partial charge in [-0.2, -0.15) is 0 Å². The molecule has 328 valence electrons. The fourth-order valence-electron chi connectivity index (χ4n) is 11.9. The smallest absolute Gasteiger partial charge is 0.0881 e. The lowest BCUT2D eigenvalue weighted by Gasteiger charge is -2.39. The van der Waals surface area contributed by atoms with Crippen molar-refractivity contribution in [3.8, 4) is 39.1 Å². The molecule has 1 spiro atoms. The fraction of sp³-hybridized carbons (Fsp3) is 0.0149. The number of thiophene rings is 1. The molecule has 2 aromatic heterocycles. The maximum atomic E-state index is 4.17. The predicted octanol–water partition coefficient (Wildman–Crippen LogP) is 18.1. The van der Waals surface area contributed by atoms with Gasteiger partial charge >= 0.3 is 0 Å². The number of anilines is 2. The third kappa shape index (κ3) is 5.86. The van der Waals surface area contributed by atoms with E-state index in [0.717, 1.165) is 17.1 Å². The van der Waals surface area contributed by atoms with Crippen molar-refractivity contribution in [2.24, 2.45) is 0 Å². The number of fused-ring (bicyclic) bond motifs is 13. The standard InChI is InChI=1S/C67H44N2S/c1-2-3-20-56-53-23-9-14-29-60(53)67(58-27-12-7-21-51(58)52-22-8-13-28-59(52)67)66(56)68(48-38-33-44(34-39-48)46-37-42-55-54-24-11-16-32-63(54)70-64(55)43-46)49-40-35-45(36-41-49)50-26-17-31-62-65(50)57-25-10-15-30-61(57)69(62)47-18-5-4-6-19-47/h2-43H,1H2/b20-3-. The largest absolute Gasteiger partial charge is 0.312 e. The summed E-state index contributed by atoms with van der Waals surface area (Å²) in [5, 5.41) is 5.11. The number of hydrogen-bond acceptors (Lipinski definition) is 2. The maximum Gasteiger partial charge on any atom is 0.0881 e. The molecule has 70 heavy (non-hydrogen) atoms. The molecule has 2 aliphatic carbocycles. The average Bonchev–Trinajstić information content (AvgIpc) is 4.15. The quantitative estimate of drug-likeness (QED) is 0.138. The molecule has 0 N–H and O–H groups in total. The van der Waals surface area contributed by atoms with Gasteiger partial charge in [0.05, 0.1) is 22.1 Å². The summed E-state index contributed by atoms with van der Waals surface area (Å²) in [6.07, 6.45) is 6.27. The molecule has 0 saturated heterocycles. The van der Waals surface area contributed by atoms with Crippen LogP contribution in [-0.2, 0) is 5.41 Å². The molecule has 2 nitrogen and oxygen atoms in total. The molecular weight excluding hydrogens is 865 g/mol. The number of allylic oxidation sites excluding steroid dienone is 5. The second-order valence-corrected chi connectivity index (χ2v) is 19.5. The zero-order valence-corrected chi connectivity index (χ0v) is 39.1. The molecule has 14 rings (SSSR count). The predicted molar refractivity (Wildman–Crippen MR) is 298 cm³/mol. The van der Waals surface area contributed by atoms with Gasteiger partial charge in [0.1, 0.15) is 0 Å². The Morgan fingerprint density at radius 3 is 1.69 bits per heavy atom. The zero-order chi connectivity index (χ0) is 46.3. The molecule has 0 fully saturated rings. The van der Waals surface area contributed by atoms with E-state index in [1.54, 1.807) is 0 Å². The summed E-state index contributed by atoms with van der Waals surface area (Å²) in [5.41, 5.74) is 19.8. The van der Waals surface area contributed by atoms with Crippen molar-refractivity contribution in [1.82, 2.24) is 4.57 Å².